The second kappa shape index (κ2) is 4.82. The van der Waals surface area contributed by atoms with Crippen molar-refractivity contribution in [1.82, 2.24) is 0 Å². The lowest BCUT2D eigenvalue weighted by Gasteiger charge is -2.36. The van der Waals surface area contributed by atoms with Crippen molar-refractivity contribution in [2.24, 2.45) is 5.73 Å². The Hall–Kier alpha value is -0.803. The van der Waals surface area contributed by atoms with Crippen molar-refractivity contribution in [2.75, 3.05) is 0 Å². The summed E-state index contributed by atoms with van der Waals surface area (Å²) in [5.41, 5.74) is 6.97. The van der Waals surface area contributed by atoms with E-state index in [1.54, 1.807) is 0 Å². The van der Waals surface area contributed by atoms with Crippen molar-refractivity contribution in [2.45, 2.75) is 51.9 Å². The Morgan fingerprint density at radius 1 is 1.12 bits per heavy atom. The lowest BCUT2D eigenvalue weighted by molar-refractivity contribution is 0.492. The zero-order valence-electron chi connectivity index (χ0n) is 11.9. The van der Waals surface area contributed by atoms with Crippen LogP contribution in [0.25, 0.3) is 0 Å². The van der Waals surface area contributed by atoms with Gasteiger partial charge in [0.2, 0.25) is 8.32 Å². The topological polar surface area (TPSA) is 35.2 Å². The minimum Gasteiger partial charge on any atom is -0.544 e. The Bertz CT molecular complexity index is 363. The number of nitrogens with two attached hydrogens (primary N) is 1. The van der Waals surface area contributed by atoms with E-state index in [9.17, 15) is 0 Å². The molecule has 0 spiro atoms. The lowest BCUT2D eigenvalue weighted by Crippen LogP contribution is -2.43. The van der Waals surface area contributed by atoms with Crippen LogP contribution in [0.3, 0.4) is 0 Å². The van der Waals surface area contributed by atoms with E-state index in [4.69, 9.17) is 10.2 Å². The van der Waals surface area contributed by atoms with Gasteiger partial charge in [-0.1, -0.05) is 32.9 Å². The van der Waals surface area contributed by atoms with Crippen molar-refractivity contribution in [3.8, 4) is 5.75 Å². The molecule has 0 aromatic heterocycles. The first-order chi connectivity index (χ1) is 7.63. The Kier molecular flexibility index (Phi) is 4.05. The molecule has 0 heterocycles. The van der Waals surface area contributed by atoms with Crippen LogP contribution in [0, 0.1) is 0 Å². The van der Waals surface area contributed by atoms with Crippen molar-refractivity contribution in [3.05, 3.63) is 29.8 Å². The molecule has 2 nitrogen and oxygen atoms in total. The molecular weight excluding hydrogens is 226 g/mol. The van der Waals surface area contributed by atoms with E-state index in [0.29, 0.717) is 0 Å². The van der Waals surface area contributed by atoms with Gasteiger partial charge in [-0.05, 0) is 42.8 Å². The number of hydrogen-bond donors (Lipinski definition) is 1. The second-order valence-corrected chi connectivity index (χ2v) is 10.9. The average Bonchev–Trinajstić information content (AvgIpc) is 2.16. The van der Waals surface area contributed by atoms with E-state index in [1.807, 2.05) is 31.2 Å². The fourth-order valence-corrected chi connectivity index (χ4v) is 2.32. The van der Waals surface area contributed by atoms with Crippen molar-refractivity contribution < 1.29 is 4.43 Å². The molecule has 1 rings (SSSR count). The Morgan fingerprint density at radius 3 is 1.94 bits per heavy atom. The van der Waals surface area contributed by atoms with Gasteiger partial charge >= 0.3 is 0 Å². The van der Waals surface area contributed by atoms with Crippen LogP contribution < -0.4 is 10.2 Å². The summed E-state index contributed by atoms with van der Waals surface area (Å²) < 4.78 is 6.20. The van der Waals surface area contributed by atoms with Crippen LogP contribution in [0.4, 0.5) is 0 Å². The first-order valence-electron chi connectivity index (χ1n) is 6.18. The summed E-state index contributed by atoms with van der Waals surface area (Å²) in [6.07, 6.45) is 0. The van der Waals surface area contributed by atoms with Crippen LogP contribution in [0.2, 0.25) is 18.1 Å². The highest BCUT2D eigenvalue weighted by Gasteiger charge is 2.38. The normalized spacial score (nSPS) is 14.5. The summed E-state index contributed by atoms with van der Waals surface area (Å²) in [6.45, 7) is 13.2. The minimum absolute atomic E-state index is 0.0805. The summed E-state index contributed by atoms with van der Waals surface area (Å²) in [5.74, 6) is 0.959. The van der Waals surface area contributed by atoms with Crippen molar-refractivity contribution >= 4 is 8.32 Å². The standard InChI is InChI=1S/C14H25NOSi/c1-11(15)12-7-9-13(10-8-12)16-17(5,6)14(2,3)4/h7-11H,15H2,1-6H3/t11-/m0/s1. The molecule has 0 fully saturated rings. The lowest BCUT2D eigenvalue weighted by atomic mass is 10.1. The third-order valence-corrected chi connectivity index (χ3v) is 7.94. The van der Waals surface area contributed by atoms with Gasteiger partial charge < -0.3 is 10.2 Å². The van der Waals surface area contributed by atoms with Gasteiger partial charge in [-0.15, -0.1) is 0 Å². The summed E-state index contributed by atoms with van der Waals surface area (Å²) in [5, 5.41) is 0.229. The van der Waals surface area contributed by atoms with Crippen LogP contribution in [0.15, 0.2) is 24.3 Å². The van der Waals surface area contributed by atoms with Crippen LogP contribution in [0.1, 0.15) is 39.3 Å². The molecule has 0 saturated carbocycles. The number of rotatable bonds is 3. The monoisotopic (exact) mass is 251 g/mol. The maximum atomic E-state index is 6.20. The summed E-state index contributed by atoms with van der Waals surface area (Å²) >= 11 is 0. The van der Waals surface area contributed by atoms with Gasteiger partial charge in [-0.3, -0.25) is 0 Å². The van der Waals surface area contributed by atoms with Gasteiger partial charge in [0.15, 0.2) is 0 Å². The van der Waals surface area contributed by atoms with Crippen LogP contribution >= 0.6 is 0 Å². The smallest absolute Gasteiger partial charge is 0.250 e. The molecule has 1 atom stereocenters. The van der Waals surface area contributed by atoms with Gasteiger partial charge in [0, 0.05) is 6.04 Å². The molecule has 0 saturated heterocycles. The SMILES string of the molecule is C[C@H](N)c1ccc(O[Si](C)(C)C(C)(C)C)cc1. The van der Waals surface area contributed by atoms with Crippen LogP contribution in [-0.2, 0) is 0 Å². The molecule has 1 aromatic rings. The highest BCUT2D eigenvalue weighted by Crippen LogP contribution is 2.37. The largest absolute Gasteiger partial charge is 0.544 e. The van der Waals surface area contributed by atoms with E-state index in [2.05, 4.69) is 33.9 Å². The number of benzene rings is 1. The molecule has 1 aromatic carbocycles. The van der Waals surface area contributed by atoms with E-state index in [0.717, 1.165) is 11.3 Å². The molecule has 0 amide bonds. The summed E-state index contributed by atoms with van der Waals surface area (Å²) in [6, 6.07) is 8.23. The van der Waals surface area contributed by atoms with Crippen LogP contribution in [0.5, 0.6) is 5.75 Å². The molecule has 2 N–H and O–H groups in total. The van der Waals surface area contributed by atoms with Gasteiger partial charge in [-0.25, -0.2) is 0 Å². The van der Waals surface area contributed by atoms with E-state index in [-0.39, 0.29) is 11.1 Å². The predicted octanol–water partition coefficient (Wildman–Crippen LogP) is 4.09. The van der Waals surface area contributed by atoms with Crippen molar-refractivity contribution in [1.29, 1.82) is 0 Å². The molecule has 0 aliphatic heterocycles. The van der Waals surface area contributed by atoms with E-state index < -0.39 is 8.32 Å². The first-order valence-corrected chi connectivity index (χ1v) is 9.09. The van der Waals surface area contributed by atoms with E-state index >= 15 is 0 Å². The zero-order chi connectivity index (χ0) is 13.3. The Labute approximate surface area is 106 Å². The second-order valence-electron chi connectivity index (χ2n) is 6.22. The first kappa shape index (κ1) is 14.3. The highest BCUT2D eigenvalue weighted by molar-refractivity contribution is 6.74. The van der Waals surface area contributed by atoms with Crippen LogP contribution in [-0.4, -0.2) is 8.32 Å². The third kappa shape index (κ3) is 3.58. The van der Waals surface area contributed by atoms with Gasteiger partial charge in [0.25, 0.3) is 0 Å². The van der Waals surface area contributed by atoms with Gasteiger partial charge in [0.1, 0.15) is 5.75 Å². The third-order valence-electron chi connectivity index (χ3n) is 3.59. The molecule has 17 heavy (non-hydrogen) atoms. The van der Waals surface area contributed by atoms with Crippen molar-refractivity contribution in [3.63, 3.8) is 0 Å². The predicted molar refractivity (Wildman–Crippen MR) is 76.9 cm³/mol. The quantitative estimate of drug-likeness (QED) is 0.821. The summed E-state index contributed by atoms with van der Waals surface area (Å²) in [4.78, 5) is 0. The fraction of sp³-hybridized carbons (Fsp3) is 0.571. The Balaban J connectivity index is 2.83. The zero-order valence-corrected chi connectivity index (χ0v) is 12.9. The van der Waals surface area contributed by atoms with E-state index in [1.165, 1.54) is 0 Å². The molecule has 3 heteroatoms. The van der Waals surface area contributed by atoms with Gasteiger partial charge in [0.05, 0.1) is 0 Å². The maximum Gasteiger partial charge on any atom is 0.250 e. The summed E-state index contributed by atoms with van der Waals surface area (Å²) in [7, 11) is -1.72. The van der Waals surface area contributed by atoms with Gasteiger partial charge in [-0.2, -0.15) is 0 Å². The number of hydrogen-bond acceptors (Lipinski definition) is 2. The molecular formula is C14H25NOSi. The molecule has 0 aliphatic rings. The maximum absolute atomic E-state index is 6.20. The average molecular weight is 251 g/mol. The molecule has 0 radical (unpaired) electrons. The minimum atomic E-state index is -1.72. The molecule has 0 aliphatic carbocycles. The molecule has 0 bridgehead atoms. The molecule has 96 valence electrons. The Morgan fingerprint density at radius 2 is 1.59 bits per heavy atom. The molecule has 0 unspecified atom stereocenters. The highest BCUT2D eigenvalue weighted by atomic mass is 28.4. The fourth-order valence-electron chi connectivity index (χ4n) is 1.29.